The molecule has 1 aromatic carbocycles. The fourth-order valence-electron chi connectivity index (χ4n) is 3.00. The minimum atomic E-state index is -0.995. The minimum absolute atomic E-state index is 0.0324. The van der Waals surface area contributed by atoms with Gasteiger partial charge in [-0.2, -0.15) is 0 Å². The highest BCUT2D eigenvalue weighted by molar-refractivity contribution is 5.99. The molecule has 2 atom stereocenters. The van der Waals surface area contributed by atoms with Crippen molar-refractivity contribution >= 4 is 17.5 Å². The van der Waals surface area contributed by atoms with Crippen LogP contribution >= 0.6 is 0 Å². The van der Waals surface area contributed by atoms with Gasteiger partial charge in [-0.05, 0) is 19.1 Å². The van der Waals surface area contributed by atoms with E-state index in [9.17, 15) is 9.59 Å². The van der Waals surface area contributed by atoms with Gasteiger partial charge in [0.25, 0.3) is 5.91 Å². The van der Waals surface area contributed by atoms with Crippen LogP contribution in [0.25, 0.3) is 0 Å². The average Bonchev–Trinajstić information content (AvgIpc) is 2.59. The molecule has 0 bridgehead atoms. The van der Waals surface area contributed by atoms with Gasteiger partial charge in [0.15, 0.2) is 6.61 Å². The molecule has 0 aliphatic heterocycles. The molecule has 7 heteroatoms. The Balaban J connectivity index is 2.01. The van der Waals surface area contributed by atoms with E-state index < -0.39 is 11.0 Å². The maximum atomic E-state index is 12.8. The molecule has 144 valence electrons. The van der Waals surface area contributed by atoms with Crippen LogP contribution in [-0.4, -0.2) is 55.7 Å². The van der Waals surface area contributed by atoms with Crippen molar-refractivity contribution in [3.63, 3.8) is 0 Å². The van der Waals surface area contributed by atoms with Crippen LogP contribution in [0.3, 0.4) is 0 Å². The Morgan fingerprint density at radius 2 is 2.04 bits per heavy atom. The third kappa shape index (κ3) is 3.83. The Morgan fingerprint density at radius 3 is 2.62 bits per heavy atom. The summed E-state index contributed by atoms with van der Waals surface area (Å²) in [6.45, 7) is 6.36. The van der Waals surface area contributed by atoms with E-state index in [2.05, 4.69) is 5.32 Å². The monoisotopic (exact) mass is 363 g/mol. The lowest BCUT2D eigenvalue weighted by Gasteiger charge is -2.57. The topological polar surface area (TPSA) is 93.9 Å². The van der Waals surface area contributed by atoms with Gasteiger partial charge in [-0.25, -0.2) is 0 Å². The van der Waals surface area contributed by atoms with E-state index in [0.29, 0.717) is 24.5 Å². The molecule has 2 unspecified atom stereocenters. The van der Waals surface area contributed by atoms with Crippen LogP contribution in [0.15, 0.2) is 24.3 Å². The summed E-state index contributed by atoms with van der Waals surface area (Å²) in [5.74, 6) is 0.114. The number of carbonyl (C=O) groups is 2. The number of nitrogens with two attached hydrogens (primary N) is 1. The van der Waals surface area contributed by atoms with Crippen molar-refractivity contribution < 1.29 is 19.1 Å². The molecule has 0 heterocycles. The maximum absolute atomic E-state index is 12.8. The standard InChI is InChI=1S/C19H29N3O4/c1-6-25-15-11-19(20,18(15,2)3)17(24)21-13-8-7-9-14(10-13)26-12-16(23)22(4)5/h7-10,15H,6,11-12,20H2,1-5H3,(H,21,24). The van der Waals surface area contributed by atoms with Crippen LogP contribution in [0.5, 0.6) is 5.75 Å². The summed E-state index contributed by atoms with van der Waals surface area (Å²) in [6.07, 6.45) is 0.447. The molecule has 0 spiro atoms. The second-order valence-corrected chi connectivity index (χ2v) is 7.40. The Bertz CT molecular complexity index is 675. The number of amides is 2. The van der Waals surface area contributed by atoms with Crippen LogP contribution in [-0.2, 0) is 14.3 Å². The van der Waals surface area contributed by atoms with Gasteiger partial charge in [0.1, 0.15) is 11.3 Å². The van der Waals surface area contributed by atoms with E-state index in [0.717, 1.165) is 0 Å². The summed E-state index contributed by atoms with van der Waals surface area (Å²) in [4.78, 5) is 25.8. The van der Waals surface area contributed by atoms with E-state index in [-0.39, 0.29) is 24.5 Å². The third-order valence-electron chi connectivity index (χ3n) is 5.19. The summed E-state index contributed by atoms with van der Waals surface area (Å²) < 4.78 is 11.1. The first-order chi connectivity index (χ1) is 12.1. The number of likely N-dealkylation sites (N-methyl/N-ethyl adjacent to an activating group) is 1. The van der Waals surface area contributed by atoms with E-state index in [1.807, 2.05) is 20.8 Å². The zero-order valence-electron chi connectivity index (χ0n) is 16.2. The fraction of sp³-hybridized carbons (Fsp3) is 0.579. The molecule has 26 heavy (non-hydrogen) atoms. The molecule has 1 aliphatic carbocycles. The van der Waals surface area contributed by atoms with Crippen LogP contribution in [0.1, 0.15) is 27.2 Å². The second-order valence-electron chi connectivity index (χ2n) is 7.40. The maximum Gasteiger partial charge on any atom is 0.259 e. The van der Waals surface area contributed by atoms with Gasteiger partial charge >= 0.3 is 0 Å². The predicted molar refractivity (Wildman–Crippen MR) is 100.0 cm³/mol. The Hall–Kier alpha value is -2.12. The molecular formula is C19H29N3O4. The number of rotatable bonds is 7. The summed E-state index contributed by atoms with van der Waals surface area (Å²) >= 11 is 0. The van der Waals surface area contributed by atoms with Gasteiger partial charge in [0.2, 0.25) is 5.91 Å². The summed E-state index contributed by atoms with van der Waals surface area (Å²) in [7, 11) is 3.33. The number of hydrogen-bond acceptors (Lipinski definition) is 5. The molecule has 0 saturated heterocycles. The van der Waals surface area contributed by atoms with Crippen molar-refractivity contribution in [1.29, 1.82) is 0 Å². The van der Waals surface area contributed by atoms with E-state index in [4.69, 9.17) is 15.2 Å². The molecule has 1 aliphatic rings. The summed E-state index contributed by atoms with van der Waals surface area (Å²) in [6, 6.07) is 6.92. The number of benzene rings is 1. The quantitative estimate of drug-likeness (QED) is 0.768. The molecular weight excluding hydrogens is 334 g/mol. The summed E-state index contributed by atoms with van der Waals surface area (Å²) in [5.41, 5.74) is 5.51. The number of nitrogens with zero attached hydrogens (tertiary/aromatic N) is 1. The largest absolute Gasteiger partial charge is 0.484 e. The van der Waals surface area contributed by atoms with Gasteiger partial charge < -0.3 is 25.4 Å². The molecule has 2 amide bonds. The van der Waals surface area contributed by atoms with Crippen molar-refractivity contribution in [1.82, 2.24) is 4.90 Å². The molecule has 1 fully saturated rings. The Morgan fingerprint density at radius 1 is 1.35 bits per heavy atom. The molecule has 7 nitrogen and oxygen atoms in total. The van der Waals surface area contributed by atoms with E-state index in [1.165, 1.54) is 4.90 Å². The average molecular weight is 363 g/mol. The molecule has 1 aromatic rings. The van der Waals surface area contributed by atoms with Crippen molar-refractivity contribution in [3.8, 4) is 5.75 Å². The minimum Gasteiger partial charge on any atom is -0.484 e. The SMILES string of the molecule is CCOC1CC(N)(C(=O)Nc2cccc(OCC(=O)N(C)C)c2)C1(C)C. The number of ether oxygens (including phenoxy) is 2. The highest BCUT2D eigenvalue weighted by Crippen LogP contribution is 2.50. The lowest BCUT2D eigenvalue weighted by atomic mass is 9.54. The normalized spacial score (nSPS) is 23.7. The lowest BCUT2D eigenvalue weighted by Crippen LogP contribution is -2.74. The third-order valence-corrected chi connectivity index (χ3v) is 5.19. The number of hydrogen-bond donors (Lipinski definition) is 2. The van der Waals surface area contributed by atoms with Crippen LogP contribution in [0, 0.1) is 5.41 Å². The zero-order valence-corrected chi connectivity index (χ0v) is 16.2. The van der Waals surface area contributed by atoms with Crippen LogP contribution in [0.2, 0.25) is 0 Å². The molecule has 0 radical (unpaired) electrons. The van der Waals surface area contributed by atoms with Crippen molar-refractivity contribution in [2.75, 3.05) is 32.6 Å². The first-order valence-corrected chi connectivity index (χ1v) is 8.76. The second kappa shape index (κ2) is 7.63. The first-order valence-electron chi connectivity index (χ1n) is 8.76. The number of nitrogens with one attached hydrogen (secondary N) is 1. The Kier molecular flexibility index (Phi) is 5.93. The van der Waals surface area contributed by atoms with Crippen LogP contribution < -0.4 is 15.8 Å². The smallest absolute Gasteiger partial charge is 0.259 e. The van der Waals surface area contributed by atoms with Crippen molar-refractivity contribution in [3.05, 3.63) is 24.3 Å². The van der Waals surface area contributed by atoms with Gasteiger partial charge in [0, 0.05) is 44.3 Å². The predicted octanol–water partition coefficient (Wildman–Crippen LogP) is 1.62. The molecule has 1 saturated carbocycles. The van der Waals surface area contributed by atoms with Gasteiger partial charge in [-0.15, -0.1) is 0 Å². The van der Waals surface area contributed by atoms with Gasteiger partial charge in [-0.1, -0.05) is 19.9 Å². The highest BCUT2D eigenvalue weighted by atomic mass is 16.5. The van der Waals surface area contributed by atoms with Crippen molar-refractivity contribution in [2.45, 2.75) is 38.8 Å². The number of anilines is 1. The molecule has 0 aromatic heterocycles. The zero-order chi connectivity index (χ0) is 19.5. The fourth-order valence-corrected chi connectivity index (χ4v) is 3.00. The van der Waals surface area contributed by atoms with Gasteiger partial charge in [0.05, 0.1) is 6.10 Å². The highest BCUT2D eigenvalue weighted by Gasteiger charge is 2.62. The Labute approximate surface area is 154 Å². The summed E-state index contributed by atoms with van der Waals surface area (Å²) in [5, 5.41) is 2.86. The molecule has 2 rings (SSSR count). The van der Waals surface area contributed by atoms with Gasteiger partial charge in [-0.3, -0.25) is 9.59 Å². The molecule has 3 N–H and O–H groups in total. The van der Waals surface area contributed by atoms with E-state index in [1.54, 1.807) is 38.4 Å². The number of carbonyl (C=O) groups excluding carboxylic acids is 2. The lowest BCUT2D eigenvalue weighted by molar-refractivity contribution is -0.166. The van der Waals surface area contributed by atoms with E-state index >= 15 is 0 Å². The first kappa shape index (κ1) is 20.2. The van der Waals surface area contributed by atoms with Crippen molar-refractivity contribution in [2.24, 2.45) is 11.1 Å². The van der Waals surface area contributed by atoms with Crippen LogP contribution in [0.4, 0.5) is 5.69 Å².